The van der Waals surface area contributed by atoms with Crippen LogP contribution in [0.25, 0.3) is 21.6 Å². The van der Waals surface area contributed by atoms with Crippen LogP contribution in [0.2, 0.25) is 0 Å². The number of benzene rings is 1. The second-order valence-electron chi connectivity index (χ2n) is 7.15. The number of carboxylic acid groups (broad SMARTS) is 1. The van der Waals surface area contributed by atoms with E-state index in [4.69, 9.17) is 10.1 Å². The third kappa shape index (κ3) is 3.41. The molecule has 0 saturated carbocycles. The number of carboxylic acids is 1. The lowest BCUT2D eigenvalue weighted by molar-refractivity contribution is -0.137. The van der Waals surface area contributed by atoms with Crippen molar-refractivity contribution in [3.63, 3.8) is 0 Å². The average Bonchev–Trinajstić information content (AvgIpc) is 3.01. The number of fused-ring (bicyclic) bond motifs is 3. The predicted molar refractivity (Wildman–Crippen MR) is 108 cm³/mol. The Balaban J connectivity index is 1.91. The first-order valence-corrected chi connectivity index (χ1v) is 10.2. The Morgan fingerprint density at radius 1 is 1.30 bits per heavy atom. The van der Waals surface area contributed by atoms with Crippen LogP contribution in [0.3, 0.4) is 0 Å². The SMILES string of the molecule is Cc1cccc(-c2nc3sc4c(c3c(=O)n2CCCC(=O)O)CCCC4)c1. The van der Waals surface area contributed by atoms with Gasteiger partial charge in [-0.05, 0) is 50.7 Å². The minimum absolute atomic E-state index is 0.0266. The Hall–Kier alpha value is -2.47. The van der Waals surface area contributed by atoms with Crippen LogP contribution in [0.4, 0.5) is 0 Å². The van der Waals surface area contributed by atoms with E-state index in [1.54, 1.807) is 15.9 Å². The van der Waals surface area contributed by atoms with Crippen molar-refractivity contribution in [3.8, 4) is 11.4 Å². The Morgan fingerprint density at radius 3 is 2.89 bits per heavy atom. The van der Waals surface area contributed by atoms with Gasteiger partial charge in [0.15, 0.2) is 0 Å². The lowest BCUT2D eigenvalue weighted by atomic mass is 9.97. The summed E-state index contributed by atoms with van der Waals surface area (Å²) in [6.07, 6.45) is 4.68. The van der Waals surface area contributed by atoms with Crippen molar-refractivity contribution >= 4 is 27.5 Å². The monoisotopic (exact) mass is 382 g/mol. The van der Waals surface area contributed by atoms with Crippen LogP contribution >= 0.6 is 11.3 Å². The molecule has 0 bridgehead atoms. The molecule has 6 heteroatoms. The highest BCUT2D eigenvalue weighted by Gasteiger charge is 2.22. The van der Waals surface area contributed by atoms with E-state index in [-0.39, 0.29) is 12.0 Å². The Kier molecular flexibility index (Phi) is 4.83. The highest BCUT2D eigenvalue weighted by Crippen LogP contribution is 2.35. The van der Waals surface area contributed by atoms with Gasteiger partial charge in [0, 0.05) is 23.4 Å². The quantitative estimate of drug-likeness (QED) is 0.719. The van der Waals surface area contributed by atoms with E-state index in [2.05, 4.69) is 0 Å². The molecule has 140 valence electrons. The highest BCUT2D eigenvalue weighted by atomic mass is 32.1. The van der Waals surface area contributed by atoms with Gasteiger partial charge in [0.1, 0.15) is 10.7 Å². The molecule has 0 amide bonds. The van der Waals surface area contributed by atoms with Crippen molar-refractivity contribution in [2.75, 3.05) is 0 Å². The summed E-state index contributed by atoms with van der Waals surface area (Å²) < 4.78 is 1.68. The summed E-state index contributed by atoms with van der Waals surface area (Å²) >= 11 is 1.65. The number of rotatable bonds is 5. The van der Waals surface area contributed by atoms with Gasteiger partial charge in [-0.1, -0.05) is 23.8 Å². The molecular formula is C21H22N2O3S. The Labute approximate surface area is 161 Å². The minimum Gasteiger partial charge on any atom is -0.481 e. The maximum atomic E-state index is 13.4. The maximum absolute atomic E-state index is 13.4. The van der Waals surface area contributed by atoms with E-state index in [0.29, 0.717) is 18.8 Å². The first-order chi connectivity index (χ1) is 13.0. The number of aromatic nitrogens is 2. The number of hydrogen-bond acceptors (Lipinski definition) is 4. The van der Waals surface area contributed by atoms with Gasteiger partial charge in [-0.15, -0.1) is 11.3 Å². The van der Waals surface area contributed by atoms with E-state index < -0.39 is 5.97 Å². The molecule has 2 aromatic heterocycles. The molecule has 1 N–H and O–H groups in total. The van der Waals surface area contributed by atoms with Crippen molar-refractivity contribution in [1.82, 2.24) is 9.55 Å². The fourth-order valence-electron chi connectivity index (χ4n) is 3.84. The van der Waals surface area contributed by atoms with Crippen LogP contribution in [0.1, 0.15) is 41.7 Å². The molecule has 1 aliphatic carbocycles. The summed E-state index contributed by atoms with van der Waals surface area (Å²) in [5.74, 6) is -0.206. The lowest BCUT2D eigenvalue weighted by Crippen LogP contribution is -2.24. The number of aryl methyl sites for hydroxylation is 3. The first-order valence-electron chi connectivity index (χ1n) is 9.38. The van der Waals surface area contributed by atoms with Gasteiger partial charge < -0.3 is 5.11 Å². The van der Waals surface area contributed by atoms with Crippen molar-refractivity contribution < 1.29 is 9.90 Å². The molecule has 4 rings (SSSR count). The van der Waals surface area contributed by atoms with Gasteiger partial charge in [0.2, 0.25) is 0 Å². The molecule has 5 nitrogen and oxygen atoms in total. The van der Waals surface area contributed by atoms with Crippen molar-refractivity contribution in [3.05, 3.63) is 50.6 Å². The molecule has 0 atom stereocenters. The standard InChI is InChI=1S/C21H22N2O3S/c1-13-6-4-7-14(12-13)19-22-20-18(15-8-2-3-9-16(15)27-20)21(26)23(19)11-5-10-17(24)25/h4,6-7,12H,2-3,5,8-11H2,1H3,(H,24,25). The van der Waals surface area contributed by atoms with Crippen LogP contribution in [0.5, 0.6) is 0 Å². The molecule has 0 aliphatic heterocycles. The van der Waals surface area contributed by atoms with Gasteiger partial charge in [-0.25, -0.2) is 4.98 Å². The second-order valence-corrected chi connectivity index (χ2v) is 8.23. The van der Waals surface area contributed by atoms with Crippen molar-refractivity contribution in [1.29, 1.82) is 0 Å². The number of thiophene rings is 1. The van der Waals surface area contributed by atoms with Crippen LogP contribution in [-0.4, -0.2) is 20.6 Å². The number of aliphatic carboxylic acids is 1. The molecule has 0 saturated heterocycles. The zero-order valence-corrected chi connectivity index (χ0v) is 16.1. The summed E-state index contributed by atoms with van der Waals surface area (Å²) in [5.41, 5.74) is 3.14. The second kappa shape index (κ2) is 7.27. The maximum Gasteiger partial charge on any atom is 0.303 e. The number of nitrogens with zero attached hydrogens (tertiary/aromatic N) is 2. The summed E-state index contributed by atoms with van der Waals surface area (Å²) in [5, 5.41) is 9.73. The zero-order chi connectivity index (χ0) is 19.0. The molecule has 1 aliphatic rings. The average molecular weight is 382 g/mol. The highest BCUT2D eigenvalue weighted by molar-refractivity contribution is 7.18. The first kappa shape index (κ1) is 17.9. The third-order valence-corrected chi connectivity index (χ3v) is 6.31. The number of carbonyl (C=O) groups is 1. The molecule has 3 aromatic rings. The lowest BCUT2D eigenvalue weighted by Gasteiger charge is -2.14. The molecule has 0 spiro atoms. The van der Waals surface area contributed by atoms with E-state index in [0.717, 1.165) is 47.0 Å². The zero-order valence-electron chi connectivity index (χ0n) is 15.3. The molecule has 0 fully saturated rings. The van der Waals surface area contributed by atoms with Gasteiger partial charge in [0.25, 0.3) is 5.56 Å². The van der Waals surface area contributed by atoms with Crippen LogP contribution in [0, 0.1) is 6.92 Å². The molecule has 27 heavy (non-hydrogen) atoms. The van der Waals surface area contributed by atoms with Crippen LogP contribution in [0.15, 0.2) is 29.1 Å². The van der Waals surface area contributed by atoms with Gasteiger partial charge in [-0.2, -0.15) is 0 Å². The molecule has 0 unspecified atom stereocenters. The minimum atomic E-state index is -0.845. The normalized spacial score (nSPS) is 13.7. The smallest absolute Gasteiger partial charge is 0.303 e. The Bertz CT molecular complexity index is 1080. The largest absolute Gasteiger partial charge is 0.481 e. The summed E-state index contributed by atoms with van der Waals surface area (Å²) in [6, 6.07) is 7.96. The van der Waals surface area contributed by atoms with Gasteiger partial charge in [-0.3, -0.25) is 14.2 Å². The fraction of sp³-hybridized carbons (Fsp3) is 0.381. The molecule has 2 heterocycles. The van der Waals surface area contributed by atoms with E-state index in [1.165, 1.54) is 10.4 Å². The summed E-state index contributed by atoms with van der Waals surface area (Å²) in [7, 11) is 0. The Morgan fingerprint density at radius 2 is 2.11 bits per heavy atom. The molecule has 0 radical (unpaired) electrons. The van der Waals surface area contributed by atoms with Crippen molar-refractivity contribution in [2.45, 2.75) is 52.0 Å². The summed E-state index contributed by atoms with van der Waals surface area (Å²) in [6.45, 7) is 2.38. The van der Waals surface area contributed by atoms with E-state index in [9.17, 15) is 9.59 Å². The predicted octanol–water partition coefficient (Wildman–Crippen LogP) is 4.18. The molecule has 1 aromatic carbocycles. The van der Waals surface area contributed by atoms with Crippen LogP contribution < -0.4 is 5.56 Å². The van der Waals surface area contributed by atoms with E-state index >= 15 is 0 Å². The third-order valence-electron chi connectivity index (χ3n) is 5.12. The fourth-order valence-corrected chi connectivity index (χ4v) is 5.09. The summed E-state index contributed by atoms with van der Waals surface area (Å²) in [4.78, 5) is 31.3. The topological polar surface area (TPSA) is 72.2 Å². The van der Waals surface area contributed by atoms with Gasteiger partial charge in [0.05, 0.1) is 5.39 Å². The van der Waals surface area contributed by atoms with E-state index in [1.807, 2.05) is 31.2 Å². The molecular weight excluding hydrogens is 360 g/mol. The number of hydrogen-bond donors (Lipinski definition) is 1. The van der Waals surface area contributed by atoms with Crippen molar-refractivity contribution in [2.24, 2.45) is 0 Å². The van der Waals surface area contributed by atoms with Crippen LogP contribution in [-0.2, 0) is 24.2 Å². The van der Waals surface area contributed by atoms with Gasteiger partial charge >= 0.3 is 5.97 Å².